The Morgan fingerprint density at radius 3 is 2.71 bits per heavy atom. The second-order valence-corrected chi connectivity index (χ2v) is 9.96. The van der Waals surface area contributed by atoms with Crippen LogP contribution < -0.4 is 5.32 Å². The molecule has 174 valence electrons. The molecule has 1 aliphatic heterocycles. The standard InChI is InChI=1S/C28H29BrN4O/c1-20(21-9-3-2-4-10-21)30-28(34)22-11-8-16-32(18-22)19-27-31-25-14-5-6-15-26(25)33(27)24-13-7-12-23(29)17-24/h2-7,9-10,12-15,17,20,22H,8,11,16,18-19H2,1H3,(H,30,34)/t20-,22-/m0/s1. The van der Waals surface area contributed by atoms with E-state index in [1.807, 2.05) is 43.3 Å². The Morgan fingerprint density at radius 1 is 1.09 bits per heavy atom. The summed E-state index contributed by atoms with van der Waals surface area (Å²) in [4.78, 5) is 20.4. The molecule has 0 saturated carbocycles. The lowest BCUT2D eigenvalue weighted by Gasteiger charge is -2.32. The van der Waals surface area contributed by atoms with Crippen molar-refractivity contribution < 1.29 is 4.79 Å². The Balaban J connectivity index is 1.34. The summed E-state index contributed by atoms with van der Waals surface area (Å²) < 4.78 is 3.28. The summed E-state index contributed by atoms with van der Waals surface area (Å²) in [7, 11) is 0. The van der Waals surface area contributed by atoms with Crippen molar-refractivity contribution in [3.05, 3.63) is 94.7 Å². The monoisotopic (exact) mass is 516 g/mol. The van der Waals surface area contributed by atoms with Crippen LogP contribution in [0.15, 0.2) is 83.3 Å². The molecule has 2 heterocycles. The Bertz CT molecular complexity index is 1290. The first-order chi connectivity index (χ1) is 16.6. The zero-order valence-electron chi connectivity index (χ0n) is 19.3. The Hall–Kier alpha value is -2.96. The molecule has 1 aliphatic rings. The zero-order valence-corrected chi connectivity index (χ0v) is 20.9. The Morgan fingerprint density at radius 2 is 1.88 bits per heavy atom. The molecule has 4 aromatic rings. The van der Waals surface area contributed by atoms with Gasteiger partial charge in [0.05, 0.1) is 29.5 Å². The highest BCUT2D eigenvalue weighted by Crippen LogP contribution is 2.26. The third kappa shape index (κ3) is 4.93. The van der Waals surface area contributed by atoms with Crippen molar-refractivity contribution in [1.29, 1.82) is 0 Å². The van der Waals surface area contributed by atoms with Crippen LogP contribution >= 0.6 is 15.9 Å². The summed E-state index contributed by atoms with van der Waals surface area (Å²) in [6.45, 7) is 4.47. The Kier molecular flexibility index (Phi) is 6.79. The van der Waals surface area contributed by atoms with E-state index in [1.165, 1.54) is 0 Å². The molecule has 2 atom stereocenters. The lowest BCUT2D eigenvalue weighted by atomic mass is 9.96. The average molecular weight is 517 g/mol. The molecule has 1 saturated heterocycles. The number of fused-ring (bicyclic) bond motifs is 1. The van der Waals surface area contributed by atoms with Gasteiger partial charge < -0.3 is 5.32 Å². The summed E-state index contributed by atoms with van der Waals surface area (Å²) in [5.74, 6) is 1.13. The first-order valence-electron chi connectivity index (χ1n) is 11.9. The van der Waals surface area contributed by atoms with Crippen LogP contribution in [0.1, 0.15) is 37.2 Å². The highest BCUT2D eigenvalue weighted by Gasteiger charge is 2.28. The first-order valence-corrected chi connectivity index (χ1v) is 12.7. The van der Waals surface area contributed by atoms with Gasteiger partial charge in [-0.1, -0.05) is 64.5 Å². The number of carbonyl (C=O) groups excluding carboxylic acids is 1. The molecule has 5 rings (SSSR count). The van der Waals surface area contributed by atoms with Crippen molar-refractivity contribution in [2.45, 2.75) is 32.4 Å². The summed E-state index contributed by atoms with van der Waals surface area (Å²) in [5.41, 5.74) is 4.30. The number of piperidine rings is 1. The normalized spacial score (nSPS) is 17.5. The lowest BCUT2D eigenvalue weighted by Crippen LogP contribution is -2.43. The second-order valence-electron chi connectivity index (χ2n) is 9.05. The second kappa shape index (κ2) is 10.1. The van der Waals surface area contributed by atoms with Crippen LogP contribution in [0.2, 0.25) is 0 Å². The van der Waals surface area contributed by atoms with Gasteiger partial charge in [-0.3, -0.25) is 14.3 Å². The number of aromatic nitrogens is 2. The number of benzene rings is 3. The molecule has 1 amide bonds. The Labute approximate surface area is 208 Å². The van der Waals surface area contributed by atoms with Gasteiger partial charge >= 0.3 is 0 Å². The molecule has 1 fully saturated rings. The van der Waals surface area contributed by atoms with Crippen molar-refractivity contribution in [2.75, 3.05) is 13.1 Å². The molecule has 6 heteroatoms. The maximum Gasteiger partial charge on any atom is 0.224 e. The highest BCUT2D eigenvalue weighted by molar-refractivity contribution is 9.10. The fourth-order valence-electron chi connectivity index (χ4n) is 4.85. The number of nitrogens with one attached hydrogen (secondary N) is 1. The maximum atomic E-state index is 13.1. The SMILES string of the molecule is C[C@H](NC(=O)[C@H]1CCCN(Cc2nc3ccccc3n2-c2cccc(Br)c2)C1)c1ccccc1. The predicted octanol–water partition coefficient (Wildman–Crippen LogP) is 5.88. The van der Waals surface area contributed by atoms with Crippen LogP contribution in [-0.2, 0) is 11.3 Å². The fraction of sp³-hybridized carbons (Fsp3) is 0.286. The quantitative estimate of drug-likeness (QED) is 0.348. The van der Waals surface area contributed by atoms with Crippen molar-refractivity contribution in [2.24, 2.45) is 5.92 Å². The number of likely N-dealkylation sites (tertiary alicyclic amines) is 1. The van der Waals surface area contributed by atoms with E-state index in [4.69, 9.17) is 4.98 Å². The van der Waals surface area contributed by atoms with E-state index in [1.54, 1.807) is 0 Å². The minimum atomic E-state index is -0.0105. The van der Waals surface area contributed by atoms with E-state index < -0.39 is 0 Å². The molecule has 1 N–H and O–H groups in total. The van der Waals surface area contributed by atoms with Crippen LogP contribution in [-0.4, -0.2) is 33.4 Å². The van der Waals surface area contributed by atoms with Crippen LogP contribution in [0, 0.1) is 5.92 Å². The molecule has 0 spiro atoms. The van der Waals surface area contributed by atoms with Crippen LogP contribution in [0.5, 0.6) is 0 Å². The largest absolute Gasteiger partial charge is 0.349 e. The number of rotatable bonds is 6. The average Bonchev–Trinajstić information content (AvgIpc) is 3.22. The smallest absolute Gasteiger partial charge is 0.224 e. The van der Waals surface area contributed by atoms with E-state index >= 15 is 0 Å². The summed E-state index contributed by atoms with van der Waals surface area (Å²) in [5, 5.41) is 3.22. The summed E-state index contributed by atoms with van der Waals surface area (Å²) in [6.07, 6.45) is 1.93. The number of hydrogen-bond acceptors (Lipinski definition) is 3. The van der Waals surface area contributed by atoms with Crippen molar-refractivity contribution in [3.63, 3.8) is 0 Å². The minimum absolute atomic E-state index is 0.00445. The van der Waals surface area contributed by atoms with Gasteiger partial charge in [-0.25, -0.2) is 4.98 Å². The summed E-state index contributed by atoms with van der Waals surface area (Å²) in [6, 6.07) is 26.7. The molecule has 0 aliphatic carbocycles. The van der Waals surface area contributed by atoms with Gasteiger partial charge in [-0.05, 0) is 62.2 Å². The van der Waals surface area contributed by atoms with Gasteiger partial charge in [0, 0.05) is 16.7 Å². The van der Waals surface area contributed by atoms with Crippen molar-refractivity contribution in [3.8, 4) is 5.69 Å². The van der Waals surface area contributed by atoms with E-state index in [9.17, 15) is 4.79 Å². The first kappa shape index (κ1) is 22.8. The van der Waals surface area contributed by atoms with Crippen molar-refractivity contribution >= 4 is 32.9 Å². The minimum Gasteiger partial charge on any atom is -0.349 e. The molecule has 0 bridgehead atoms. The molecular weight excluding hydrogens is 488 g/mol. The van der Waals surface area contributed by atoms with Gasteiger partial charge in [0.25, 0.3) is 0 Å². The highest BCUT2D eigenvalue weighted by atomic mass is 79.9. The van der Waals surface area contributed by atoms with Crippen molar-refractivity contribution in [1.82, 2.24) is 19.8 Å². The molecule has 0 unspecified atom stereocenters. The fourth-order valence-corrected chi connectivity index (χ4v) is 5.24. The van der Waals surface area contributed by atoms with Gasteiger partial charge in [-0.2, -0.15) is 0 Å². The van der Waals surface area contributed by atoms with Gasteiger partial charge in [-0.15, -0.1) is 0 Å². The molecule has 5 nitrogen and oxygen atoms in total. The number of amides is 1. The number of carbonyl (C=O) groups is 1. The van der Waals surface area contributed by atoms with Gasteiger partial charge in [0.2, 0.25) is 5.91 Å². The van der Waals surface area contributed by atoms with E-state index in [0.717, 1.165) is 58.5 Å². The van der Waals surface area contributed by atoms with Gasteiger partial charge in [0.1, 0.15) is 5.82 Å². The molecule has 3 aromatic carbocycles. The third-order valence-corrected chi connectivity index (χ3v) is 7.09. The molecule has 1 aromatic heterocycles. The van der Waals surface area contributed by atoms with E-state index in [-0.39, 0.29) is 17.9 Å². The number of imidazole rings is 1. The molecule has 34 heavy (non-hydrogen) atoms. The van der Waals surface area contributed by atoms with E-state index in [2.05, 4.69) is 73.2 Å². The van der Waals surface area contributed by atoms with Gasteiger partial charge in [0.15, 0.2) is 0 Å². The lowest BCUT2D eigenvalue weighted by molar-refractivity contribution is -0.127. The molecule has 0 radical (unpaired) electrons. The number of para-hydroxylation sites is 2. The predicted molar refractivity (Wildman–Crippen MR) is 140 cm³/mol. The zero-order chi connectivity index (χ0) is 23.5. The van der Waals surface area contributed by atoms with Crippen LogP contribution in [0.3, 0.4) is 0 Å². The van der Waals surface area contributed by atoms with E-state index in [0.29, 0.717) is 6.54 Å². The topological polar surface area (TPSA) is 50.2 Å². The third-order valence-electron chi connectivity index (χ3n) is 6.60. The molecular formula is C28H29BrN4O. The number of nitrogens with zero attached hydrogens (tertiary/aromatic N) is 3. The summed E-state index contributed by atoms with van der Waals surface area (Å²) >= 11 is 3.61. The number of halogens is 1. The maximum absolute atomic E-state index is 13.1. The number of hydrogen-bond donors (Lipinski definition) is 1. The van der Waals surface area contributed by atoms with Crippen LogP contribution in [0.4, 0.5) is 0 Å². The van der Waals surface area contributed by atoms with Crippen LogP contribution in [0.25, 0.3) is 16.7 Å².